The molecule has 0 radical (unpaired) electrons. The monoisotopic (exact) mass is 273 g/mol. The van der Waals surface area contributed by atoms with Crippen molar-refractivity contribution in [3.8, 4) is 0 Å². The highest BCUT2D eigenvalue weighted by atomic mass is 15.2. The summed E-state index contributed by atoms with van der Waals surface area (Å²) in [4.78, 5) is 5.23. The number of piperidine rings is 2. The van der Waals surface area contributed by atoms with Gasteiger partial charge in [0, 0.05) is 30.9 Å². The lowest BCUT2D eigenvalue weighted by molar-refractivity contribution is 0.0229. The minimum Gasteiger partial charge on any atom is -0.399 e. The highest BCUT2D eigenvalue weighted by Crippen LogP contribution is 2.33. The number of hydrogen-bond donors (Lipinski definition) is 1. The van der Waals surface area contributed by atoms with Crippen LogP contribution in [0.1, 0.15) is 37.8 Å². The summed E-state index contributed by atoms with van der Waals surface area (Å²) >= 11 is 0. The fourth-order valence-electron chi connectivity index (χ4n) is 4.06. The summed E-state index contributed by atoms with van der Waals surface area (Å²) in [5, 5.41) is 0. The predicted molar refractivity (Wildman–Crippen MR) is 84.6 cm³/mol. The lowest BCUT2D eigenvalue weighted by atomic mass is 9.83. The Balaban J connectivity index is 1.69. The van der Waals surface area contributed by atoms with Crippen LogP contribution in [0.2, 0.25) is 0 Å². The number of benzene rings is 1. The van der Waals surface area contributed by atoms with E-state index in [1.54, 1.807) is 0 Å². The number of nitrogens with two attached hydrogens (primary N) is 1. The molecular weight excluding hydrogens is 246 g/mol. The molecule has 20 heavy (non-hydrogen) atoms. The number of fused-ring (bicyclic) bond motifs is 1. The van der Waals surface area contributed by atoms with E-state index >= 15 is 0 Å². The van der Waals surface area contributed by atoms with E-state index in [1.165, 1.54) is 44.5 Å². The Morgan fingerprint density at radius 1 is 1.25 bits per heavy atom. The highest BCUT2D eigenvalue weighted by molar-refractivity contribution is 5.41. The third kappa shape index (κ3) is 2.70. The van der Waals surface area contributed by atoms with E-state index in [9.17, 15) is 0 Å². The van der Waals surface area contributed by atoms with Crippen LogP contribution in [0.4, 0.5) is 5.69 Å². The maximum absolute atomic E-state index is 5.93. The second-order valence-corrected chi connectivity index (χ2v) is 6.58. The maximum Gasteiger partial charge on any atom is 0.0320 e. The summed E-state index contributed by atoms with van der Waals surface area (Å²) in [5.74, 6) is 0.853. The van der Waals surface area contributed by atoms with Crippen LogP contribution in [0.5, 0.6) is 0 Å². The van der Waals surface area contributed by atoms with Crippen LogP contribution < -0.4 is 5.73 Å². The standard InChI is InChI=1S/C17H27N3/c1-13(14-5-3-7-16(18)11-14)20-10-8-17-15(12-20)6-4-9-19(17)2/h3,5,7,11,13,15,17H,4,6,8-10,12,18H2,1-2H3. The van der Waals surface area contributed by atoms with E-state index in [0.29, 0.717) is 6.04 Å². The zero-order chi connectivity index (χ0) is 14.1. The third-order valence-electron chi connectivity index (χ3n) is 5.32. The normalized spacial score (nSPS) is 29.9. The molecule has 2 N–H and O–H groups in total. The molecule has 0 aliphatic carbocycles. The average molecular weight is 273 g/mol. The topological polar surface area (TPSA) is 32.5 Å². The highest BCUT2D eigenvalue weighted by Gasteiger charge is 2.35. The Morgan fingerprint density at radius 3 is 2.90 bits per heavy atom. The predicted octanol–water partition coefficient (Wildman–Crippen LogP) is 2.75. The van der Waals surface area contributed by atoms with E-state index in [1.807, 2.05) is 6.07 Å². The minimum absolute atomic E-state index is 0.478. The van der Waals surface area contributed by atoms with E-state index < -0.39 is 0 Å². The van der Waals surface area contributed by atoms with E-state index in [2.05, 4.69) is 42.0 Å². The second-order valence-electron chi connectivity index (χ2n) is 6.58. The molecule has 0 bridgehead atoms. The molecule has 3 nitrogen and oxygen atoms in total. The van der Waals surface area contributed by atoms with E-state index in [-0.39, 0.29) is 0 Å². The Hall–Kier alpha value is -1.06. The van der Waals surface area contributed by atoms with Gasteiger partial charge in [-0.15, -0.1) is 0 Å². The van der Waals surface area contributed by atoms with Gasteiger partial charge in [0.1, 0.15) is 0 Å². The van der Waals surface area contributed by atoms with Crippen LogP contribution >= 0.6 is 0 Å². The smallest absolute Gasteiger partial charge is 0.0320 e. The summed E-state index contributed by atoms with van der Waals surface area (Å²) in [6, 6.07) is 9.67. The van der Waals surface area contributed by atoms with Gasteiger partial charge in [-0.05, 0) is 63.4 Å². The summed E-state index contributed by atoms with van der Waals surface area (Å²) in [5.41, 5.74) is 8.16. The molecule has 2 heterocycles. The molecule has 2 aliphatic rings. The van der Waals surface area contributed by atoms with Crippen molar-refractivity contribution in [3.63, 3.8) is 0 Å². The van der Waals surface area contributed by atoms with Gasteiger partial charge >= 0.3 is 0 Å². The zero-order valence-electron chi connectivity index (χ0n) is 12.8. The van der Waals surface area contributed by atoms with Gasteiger partial charge < -0.3 is 10.6 Å². The lowest BCUT2D eigenvalue weighted by Gasteiger charge is -2.47. The van der Waals surface area contributed by atoms with Crippen molar-refractivity contribution < 1.29 is 0 Å². The van der Waals surface area contributed by atoms with Crippen molar-refractivity contribution in [2.24, 2.45) is 5.92 Å². The van der Waals surface area contributed by atoms with Gasteiger partial charge in [0.15, 0.2) is 0 Å². The molecule has 2 fully saturated rings. The maximum atomic E-state index is 5.93. The number of nitrogens with zero attached hydrogens (tertiary/aromatic N) is 2. The van der Waals surface area contributed by atoms with E-state index in [0.717, 1.165) is 17.6 Å². The summed E-state index contributed by atoms with van der Waals surface area (Å²) < 4.78 is 0. The number of anilines is 1. The Kier molecular flexibility index (Phi) is 3.99. The van der Waals surface area contributed by atoms with Crippen LogP contribution in [-0.2, 0) is 0 Å². The van der Waals surface area contributed by atoms with Crippen molar-refractivity contribution in [3.05, 3.63) is 29.8 Å². The van der Waals surface area contributed by atoms with Crippen molar-refractivity contribution in [2.45, 2.75) is 38.3 Å². The number of hydrogen-bond acceptors (Lipinski definition) is 3. The van der Waals surface area contributed by atoms with Crippen molar-refractivity contribution in [1.82, 2.24) is 9.80 Å². The van der Waals surface area contributed by atoms with Gasteiger partial charge in [-0.3, -0.25) is 4.90 Å². The van der Waals surface area contributed by atoms with Gasteiger partial charge in [-0.25, -0.2) is 0 Å². The van der Waals surface area contributed by atoms with E-state index in [4.69, 9.17) is 5.73 Å². The SMILES string of the molecule is CC(c1cccc(N)c1)N1CCC2C(CCCN2C)C1. The van der Waals surface area contributed by atoms with Gasteiger partial charge in [-0.2, -0.15) is 0 Å². The molecule has 0 saturated carbocycles. The Labute approximate surface area is 122 Å². The third-order valence-corrected chi connectivity index (χ3v) is 5.32. The number of likely N-dealkylation sites (tertiary alicyclic amines) is 2. The van der Waals surface area contributed by atoms with Crippen LogP contribution in [0, 0.1) is 5.92 Å². The first-order valence-corrected chi connectivity index (χ1v) is 7.95. The zero-order valence-corrected chi connectivity index (χ0v) is 12.8. The van der Waals surface area contributed by atoms with Gasteiger partial charge in [0.25, 0.3) is 0 Å². The van der Waals surface area contributed by atoms with Gasteiger partial charge in [0.05, 0.1) is 0 Å². The first kappa shape index (κ1) is 13.9. The fraction of sp³-hybridized carbons (Fsp3) is 0.647. The molecule has 2 aliphatic heterocycles. The van der Waals surface area contributed by atoms with Crippen molar-refractivity contribution in [1.29, 1.82) is 0 Å². The quantitative estimate of drug-likeness (QED) is 0.841. The molecule has 3 rings (SSSR count). The number of rotatable bonds is 2. The molecule has 0 spiro atoms. The fourth-order valence-corrected chi connectivity index (χ4v) is 4.06. The molecule has 2 saturated heterocycles. The number of nitrogen functional groups attached to an aromatic ring is 1. The van der Waals surface area contributed by atoms with Gasteiger partial charge in [0.2, 0.25) is 0 Å². The molecule has 3 unspecified atom stereocenters. The largest absolute Gasteiger partial charge is 0.399 e. The van der Waals surface area contributed by atoms with Crippen LogP contribution in [-0.4, -0.2) is 42.5 Å². The lowest BCUT2D eigenvalue weighted by Crippen LogP contribution is -2.53. The van der Waals surface area contributed by atoms with Gasteiger partial charge in [-0.1, -0.05) is 12.1 Å². The Bertz CT molecular complexity index is 459. The van der Waals surface area contributed by atoms with Crippen LogP contribution in [0.15, 0.2) is 24.3 Å². The second kappa shape index (κ2) is 5.74. The summed E-state index contributed by atoms with van der Waals surface area (Å²) in [7, 11) is 2.30. The first-order valence-electron chi connectivity index (χ1n) is 7.95. The molecule has 3 atom stereocenters. The Morgan fingerprint density at radius 2 is 2.10 bits per heavy atom. The minimum atomic E-state index is 0.478. The summed E-state index contributed by atoms with van der Waals surface area (Å²) in [6.45, 7) is 6.06. The molecule has 110 valence electrons. The van der Waals surface area contributed by atoms with Crippen LogP contribution in [0.3, 0.4) is 0 Å². The average Bonchev–Trinajstić information content (AvgIpc) is 2.46. The molecule has 3 heteroatoms. The molecule has 0 aromatic heterocycles. The van der Waals surface area contributed by atoms with Crippen molar-refractivity contribution in [2.75, 3.05) is 32.4 Å². The molecule has 0 amide bonds. The first-order chi connectivity index (χ1) is 9.65. The molecular formula is C17H27N3. The summed E-state index contributed by atoms with van der Waals surface area (Å²) in [6.07, 6.45) is 4.07. The van der Waals surface area contributed by atoms with Crippen molar-refractivity contribution >= 4 is 5.69 Å². The van der Waals surface area contributed by atoms with Crippen LogP contribution in [0.25, 0.3) is 0 Å². The molecule has 1 aromatic rings. The molecule has 1 aromatic carbocycles.